The van der Waals surface area contributed by atoms with Crippen molar-refractivity contribution in [3.63, 3.8) is 0 Å². The van der Waals surface area contributed by atoms with Crippen LogP contribution in [0.25, 0.3) is 10.6 Å². The van der Waals surface area contributed by atoms with E-state index in [1.54, 1.807) is 18.5 Å². The lowest BCUT2D eigenvalue weighted by atomic mass is 10.2. The molecule has 2 heterocycles. The van der Waals surface area contributed by atoms with Crippen molar-refractivity contribution < 1.29 is 4.92 Å². The second kappa shape index (κ2) is 4.64. The van der Waals surface area contributed by atoms with E-state index in [1.165, 1.54) is 17.7 Å². The Morgan fingerprint density at radius 3 is 2.82 bits per heavy atom. The van der Waals surface area contributed by atoms with Crippen molar-refractivity contribution in [3.8, 4) is 10.6 Å². The summed E-state index contributed by atoms with van der Waals surface area (Å²) in [4.78, 5) is 18.9. The normalized spacial score (nSPS) is 10.2. The van der Waals surface area contributed by atoms with E-state index in [0.717, 1.165) is 0 Å². The minimum atomic E-state index is -0.517. The summed E-state index contributed by atoms with van der Waals surface area (Å²) in [6.45, 7) is 0. The fraction of sp³-hybridized carbons (Fsp3) is 0.111. The topological polar surface area (TPSA) is 81.0 Å². The molecule has 0 saturated heterocycles. The van der Waals surface area contributed by atoms with Crippen LogP contribution in [0, 0.1) is 10.1 Å². The number of hydrogen-bond acceptors (Lipinski definition) is 6. The van der Waals surface area contributed by atoms with Crippen LogP contribution in [-0.4, -0.2) is 21.9 Å². The number of nitro groups is 1. The first-order valence-corrected chi connectivity index (χ1v) is 5.81. The third-order valence-corrected chi connectivity index (χ3v) is 3.42. The number of halogens is 1. The second-order valence-corrected chi connectivity index (χ2v) is 4.35. The number of nitrogens with one attached hydrogen (secondary N) is 1. The zero-order valence-electron chi connectivity index (χ0n) is 8.68. The zero-order chi connectivity index (χ0) is 12.4. The molecule has 0 aromatic carbocycles. The van der Waals surface area contributed by atoms with Crippen LogP contribution in [0.4, 0.5) is 11.5 Å². The van der Waals surface area contributed by atoms with Crippen LogP contribution in [-0.2, 0) is 0 Å². The van der Waals surface area contributed by atoms with Crippen LogP contribution in [0.3, 0.4) is 0 Å². The smallest absolute Gasteiger partial charge is 0.338 e. The summed E-state index contributed by atoms with van der Waals surface area (Å²) in [6.07, 6.45) is 1.27. The van der Waals surface area contributed by atoms with Gasteiger partial charge in [-0.3, -0.25) is 10.1 Å². The quantitative estimate of drug-likeness (QED) is 0.685. The molecule has 0 fully saturated rings. The van der Waals surface area contributed by atoms with Crippen LogP contribution in [0.2, 0.25) is 5.02 Å². The summed E-state index contributed by atoms with van der Waals surface area (Å²) in [5, 5.41) is 15.9. The van der Waals surface area contributed by atoms with Crippen molar-refractivity contribution >= 4 is 34.4 Å². The van der Waals surface area contributed by atoms with Crippen molar-refractivity contribution in [2.45, 2.75) is 0 Å². The molecule has 0 bridgehead atoms. The number of rotatable bonds is 3. The van der Waals surface area contributed by atoms with Crippen molar-refractivity contribution in [1.82, 2.24) is 9.97 Å². The summed E-state index contributed by atoms with van der Waals surface area (Å²) in [5.74, 6) is 0.171. The Morgan fingerprint density at radius 1 is 1.53 bits per heavy atom. The van der Waals surface area contributed by atoms with Gasteiger partial charge in [-0.1, -0.05) is 11.6 Å². The highest BCUT2D eigenvalue weighted by atomic mass is 35.5. The molecule has 17 heavy (non-hydrogen) atoms. The molecule has 0 aliphatic heterocycles. The summed E-state index contributed by atoms with van der Waals surface area (Å²) in [7, 11) is 1.56. The molecule has 0 saturated carbocycles. The van der Waals surface area contributed by atoms with E-state index in [0.29, 0.717) is 9.90 Å². The van der Waals surface area contributed by atoms with Gasteiger partial charge in [-0.05, 0) is 11.4 Å². The Labute approximate surface area is 105 Å². The summed E-state index contributed by atoms with van der Waals surface area (Å²) < 4.78 is 0. The standard InChI is InChI=1S/C9H7ClN4O2S/c1-11-9-7(14(15)16)6(12-4-13-9)8-5(10)2-3-17-8/h2-4H,1H3,(H,11,12,13). The molecule has 88 valence electrons. The van der Waals surface area contributed by atoms with Crippen molar-refractivity contribution in [3.05, 3.63) is 32.9 Å². The lowest BCUT2D eigenvalue weighted by Gasteiger charge is -2.04. The molecule has 0 radical (unpaired) electrons. The number of hydrogen-bond donors (Lipinski definition) is 1. The Morgan fingerprint density at radius 2 is 2.29 bits per heavy atom. The fourth-order valence-electron chi connectivity index (χ4n) is 1.36. The van der Waals surface area contributed by atoms with Gasteiger partial charge < -0.3 is 5.32 Å². The molecular formula is C9H7ClN4O2S. The predicted molar refractivity (Wildman–Crippen MR) is 66.6 cm³/mol. The van der Waals surface area contributed by atoms with E-state index in [2.05, 4.69) is 15.3 Å². The number of thiophene rings is 1. The maximum absolute atomic E-state index is 11.1. The average molecular weight is 271 g/mol. The first-order valence-electron chi connectivity index (χ1n) is 4.55. The van der Waals surface area contributed by atoms with Crippen LogP contribution < -0.4 is 5.32 Å². The Bertz CT molecular complexity index is 572. The molecule has 0 unspecified atom stereocenters. The molecule has 2 aromatic heterocycles. The zero-order valence-corrected chi connectivity index (χ0v) is 10.2. The third-order valence-electron chi connectivity index (χ3n) is 2.07. The SMILES string of the molecule is CNc1ncnc(-c2sccc2Cl)c1[N+](=O)[O-]. The Balaban J connectivity index is 2.70. The predicted octanol–water partition coefficient (Wildman–Crippen LogP) is 2.81. The lowest BCUT2D eigenvalue weighted by Crippen LogP contribution is -2.02. The lowest BCUT2D eigenvalue weighted by molar-refractivity contribution is -0.383. The fourth-order valence-corrected chi connectivity index (χ4v) is 2.51. The van der Waals surface area contributed by atoms with Gasteiger partial charge >= 0.3 is 5.69 Å². The monoisotopic (exact) mass is 270 g/mol. The first-order chi connectivity index (χ1) is 8.15. The molecule has 8 heteroatoms. The largest absolute Gasteiger partial charge is 0.367 e. The molecule has 0 atom stereocenters. The highest BCUT2D eigenvalue weighted by molar-refractivity contribution is 7.14. The maximum Gasteiger partial charge on any atom is 0.338 e. The number of anilines is 1. The second-order valence-electron chi connectivity index (χ2n) is 3.02. The van der Waals surface area contributed by atoms with Gasteiger partial charge in [0, 0.05) is 7.05 Å². The molecule has 2 aromatic rings. The number of aromatic nitrogens is 2. The van der Waals surface area contributed by atoms with Gasteiger partial charge in [0.25, 0.3) is 0 Å². The number of nitrogens with zero attached hydrogens (tertiary/aromatic N) is 3. The molecule has 6 nitrogen and oxygen atoms in total. The van der Waals surface area contributed by atoms with Gasteiger partial charge in [-0.2, -0.15) is 0 Å². The molecule has 0 aliphatic rings. The molecule has 1 N–H and O–H groups in total. The highest BCUT2D eigenvalue weighted by Crippen LogP contribution is 2.39. The van der Waals surface area contributed by atoms with E-state index >= 15 is 0 Å². The van der Waals surface area contributed by atoms with E-state index in [9.17, 15) is 10.1 Å². The van der Waals surface area contributed by atoms with E-state index in [4.69, 9.17) is 11.6 Å². The minimum Gasteiger partial charge on any atom is -0.367 e. The van der Waals surface area contributed by atoms with Crippen LogP contribution >= 0.6 is 22.9 Å². The van der Waals surface area contributed by atoms with Gasteiger partial charge in [0.05, 0.1) is 14.8 Å². The van der Waals surface area contributed by atoms with E-state index in [-0.39, 0.29) is 17.2 Å². The summed E-state index contributed by atoms with van der Waals surface area (Å²) in [5.41, 5.74) is 0.0636. The van der Waals surface area contributed by atoms with Crippen LogP contribution in [0.1, 0.15) is 0 Å². The molecule has 2 rings (SSSR count). The van der Waals surface area contributed by atoms with Gasteiger partial charge in [0.15, 0.2) is 5.69 Å². The van der Waals surface area contributed by atoms with Crippen LogP contribution in [0.15, 0.2) is 17.8 Å². The summed E-state index contributed by atoms with van der Waals surface area (Å²) in [6, 6.07) is 1.67. The molecule has 0 spiro atoms. The van der Waals surface area contributed by atoms with Gasteiger partial charge in [0.2, 0.25) is 5.82 Å². The highest BCUT2D eigenvalue weighted by Gasteiger charge is 2.25. The minimum absolute atomic E-state index is 0.167. The van der Waals surface area contributed by atoms with Gasteiger partial charge in [0.1, 0.15) is 6.33 Å². The molecule has 0 amide bonds. The molecule has 0 aliphatic carbocycles. The third kappa shape index (κ3) is 2.06. The average Bonchev–Trinajstić information content (AvgIpc) is 2.74. The van der Waals surface area contributed by atoms with Crippen molar-refractivity contribution in [2.75, 3.05) is 12.4 Å². The van der Waals surface area contributed by atoms with Crippen molar-refractivity contribution in [1.29, 1.82) is 0 Å². The maximum atomic E-state index is 11.1. The first kappa shape index (κ1) is 11.7. The van der Waals surface area contributed by atoms with E-state index < -0.39 is 4.92 Å². The van der Waals surface area contributed by atoms with Gasteiger partial charge in [-0.15, -0.1) is 11.3 Å². The Hall–Kier alpha value is -1.73. The van der Waals surface area contributed by atoms with Crippen LogP contribution in [0.5, 0.6) is 0 Å². The summed E-state index contributed by atoms with van der Waals surface area (Å²) >= 11 is 7.25. The Kier molecular flexibility index (Phi) is 3.21. The van der Waals surface area contributed by atoms with Gasteiger partial charge in [-0.25, -0.2) is 9.97 Å². The van der Waals surface area contributed by atoms with Crippen molar-refractivity contribution in [2.24, 2.45) is 0 Å². The molecular weight excluding hydrogens is 264 g/mol. The van der Waals surface area contributed by atoms with E-state index in [1.807, 2.05) is 0 Å².